The number of hydrogen-bond acceptors (Lipinski definition) is 4. The van der Waals surface area contributed by atoms with Crippen molar-refractivity contribution in [1.29, 1.82) is 0 Å². The van der Waals surface area contributed by atoms with Crippen molar-refractivity contribution in [1.82, 2.24) is 10.2 Å². The van der Waals surface area contributed by atoms with E-state index < -0.39 is 12.1 Å². The molecule has 156 valence electrons. The van der Waals surface area contributed by atoms with Gasteiger partial charge in [0.15, 0.2) is 6.10 Å². The molecule has 0 bridgehead atoms. The average molecular weight is 401 g/mol. The molecule has 3 rings (SSSR count). The Morgan fingerprint density at radius 2 is 1.93 bits per heavy atom. The lowest BCUT2D eigenvalue weighted by molar-refractivity contribution is -0.134. The highest BCUT2D eigenvalue weighted by Gasteiger charge is 2.38. The van der Waals surface area contributed by atoms with Crippen molar-refractivity contribution < 1.29 is 18.8 Å². The molecule has 1 aromatic rings. The third-order valence-corrected chi connectivity index (χ3v) is 4.93. The molecule has 29 heavy (non-hydrogen) atoms. The number of oxime groups is 1. The lowest BCUT2D eigenvalue weighted by atomic mass is 9.97. The van der Waals surface area contributed by atoms with E-state index in [1.807, 2.05) is 13.8 Å². The average Bonchev–Trinajstić information content (AvgIpc) is 3.13. The Kier molecular flexibility index (Phi) is 6.35. The Morgan fingerprint density at radius 3 is 2.55 bits per heavy atom. The topological polar surface area (TPSA) is 71.0 Å². The van der Waals surface area contributed by atoms with Crippen molar-refractivity contribution in [3.05, 3.63) is 47.5 Å². The molecule has 0 saturated heterocycles. The minimum Gasteiger partial charge on any atom is -0.387 e. The van der Waals surface area contributed by atoms with Gasteiger partial charge in [0.1, 0.15) is 17.6 Å². The molecule has 6 nitrogen and oxygen atoms in total. The maximum atomic E-state index is 13.2. The lowest BCUT2D eigenvalue weighted by Gasteiger charge is -2.34. The van der Waals surface area contributed by atoms with E-state index in [1.165, 1.54) is 17.0 Å². The molecular weight excluding hydrogens is 373 g/mol. The van der Waals surface area contributed by atoms with E-state index >= 15 is 0 Å². The molecule has 0 aromatic heterocycles. The van der Waals surface area contributed by atoms with Crippen molar-refractivity contribution in [2.75, 3.05) is 0 Å². The summed E-state index contributed by atoms with van der Waals surface area (Å²) < 4.78 is 13.2. The molecule has 7 heteroatoms. The number of hydrogen-bond donors (Lipinski definition) is 1. The summed E-state index contributed by atoms with van der Waals surface area (Å²) in [5.41, 5.74) is 1.75. The highest BCUT2D eigenvalue weighted by Crippen LogP contribution is 2.29. The monoisotopic (exact) mass is 401 g/mol. The Morgan fingerprint density at radius 1 is 1.24 bits per heavy atom. The number of carbonyl (C=O) groups excluding carboxylic acids is 2. The predicted molar refractivity (Wildman–Crippen MR) is 108 cm³/mol. The quantitative estimate of drug-likeness (QED) is 0.786. The molecule has 2 amide bonds. The number of nitrogens with zero attached hydrogens (tertiary/aromatic N) is 2. The maximum absolute atomic E-state index is 13.2. The molecule has 2 aliphatic rings. The van der Waals surface area contributed by atoms with E-state index in [2.05, 4.69) is 24.3 Å². The third-order valence-electron chi connectivity index (χ3n) is 4.93. The number of allylic oxidation sites excluding steroid dienone is 1. The normalized spacial score (nSPS) is 21.8. The van der Waals surface area contributed by atoms with Crippen LogP contribution < -0.4 is 5.32 Å². The summed E-state index contributed by atoms with van der Waals surface area (Å²) in [7, 11) is 0. The van der Waals surface area contributed by atoms with Crippen LogP contribution >= 0.6 is 0 Å². The first-order chi connectivity index (χ1) is 13.7. The fraction of sp³-hybridized carbons (Fsp3) is 0.500. The first-order valence-corrected chi connectivity index (χ1v) is 10.1. The number of rotatable bonds is 6. The highest BCUT2D eigenvalue weighted by atomic mass is 19.1. The van der Waals surface area contributed by atoms with Crippen molar-refractivity contribution in [3.8, 4) is 0 Å². The molecule has 1 N–H and O–H groups in total. The van der Waals surface area contributed by atoms with Gasteiger partial charge in [-0.25, -0.2) is 4.39 Å². The summed E-state index contributed by atoms with van der Waals surface area (Å²) in [6, 6.07) is 5.38. The van der Waals surface area contributed by atoms with Gasteiger partial charge in [-0.05, 0) is 42.4 Å². The zero-order chi connectivity index (χ0) is 21.1. The maximum Gasteiger partial charge on any atom is 0.276 e. The largest absolute Gasteiger partial charge is 0.387 e. The molecule has 1 aromatic carbocycles. The molecule has 2 aliphatic heterocycles. The van der Waals surface area contributed by atoms with Crippen LogP contribution in [0.1, 0.15) is 58.6 Å². The number of carbonyl (C=O) groups is 2. The fourth-order valence-electron chi connectivity index (χ4n) is 3.58. The van der Waals surface area contributed by atoms with Crippen LogP contribution in [0.15, 0.2) is 41.3 Å². The van der Waals surface area contributed by atoms with Crippen LogP contribution in [-0.2, 0) is 14.4 Å². The van der Waals surface area contributed by atoms with Gasteiger partial charge in [-0.15, -0.1) is 0 Å². The molecule has 2 heterocycles. The van der Waals surface area contributed by atoms with Crippen molar-refractivity contribution in [3.63, 3.8) is 0 Å². The number of nitrogens with one attached hydrogen (secondary N) is 1. The van der Waals surface area contributed by atoms with Crippen molar-refractivity contribution >= 4 is 17.5 Å². The fourth-order valence-corrected chi connectivity index (χ4v) is 3.58. The summed E-state index contributed by atoms with van der Waals surface area (Å²) >= 11 is 0. The molecule has 0 spiro atoms. The van der Waals surface area contributed by atoms with Crippen LogP contribution in [0.5, 0.6) is 0 Å². The minimum absolute atomic E-state index is 0.167. The second kappa shape index (κ2) is 8.76. The number of halogens is 1. The molecular formula is C22H28FN3O3. The van der Waals surface area contributed by atoms with E-state index in [0.29, 0.717) is 18.8 Å². The SMILES string of the molecule is CC(C)CC1=CN(C(=O)C2=NOC(c3ccc(F)cc3)C2)[C@@H](CC(C)C)C(=O)N1. The zero-order valence-electron chi connectivity index (χ0n) is 17.3. The molecule has 0 fully saturated rings. The Bertz CT molecular complexity index is 830. The Hall–Kier alpha value is -2.70. The minimum atomic E-state index is -0.578. The van der Waals surface area contributed by atoms with Gasteiger partial charge in [0.2, 0.25) is 5.91 Å². The Balaban J connectivity index is 1.79. The standard InChI is InChI=1S/C22H28FN3O3/c1-13(2)9-17-12-26(19(10-14(3)4)21(27)24-17)22(28)18-11-20(29-25-18)15-5-7-16(23)8-6-15/h5-8,12-14,19-20H,9-11H2,1-4H3,(H,24,27)/t19-,20?/m0/s1. The van der Waals surface area contributed by atoms with Crippen LogP contribution in [-0.4, -0.2) is 28.5 Å². The van der Waals surface area contributed by atoms with E-state index in [9.17, 15) is 14.0 Å². The summed E-state index contributed by atoms with van der Waals surface area (Å²) in [4.78, 5) is 32.9. The Labute approximate surface area is 170 Å². The van der Waals surface area contributed by atoms with Gasteiger partial charge < -0.3 is 10.2 Å². The molecule has 0 saturated carbocycles. The second-order valence-electron chi connectivity index (χ2n) is 8.49. The van der Waals surface area contributed by atoms with E-state index in [1.54, 1.807) is 18.3 Å². The first-order valence-electron chi connectivity index (χ1n) is 10.1. The predicted octanol–water partition coefficient (Wildman–Crippen LogP) is 3.90. The molecule has 0 aliphatic carbocycles. The van der Waals surface area contributed by atoms with E-state index in [-0.39, 0.29) is 35.7 Å². The van der Waals surface area contributed by atoms with Gasteiger partial charge in [0.05, 0.1) is 0 Å². The highest BCUT2D eigenvalue weighted by molar-refractivity contribution is 6.39. The molecule has 1 unspecified atom stereocenters. The molecule has 2 atom stereocenters. The third kappa shape index (κ3) is 5.02. The number of amides is 2. The van der Waals surface area contributed by atoms with E-state index in [0.717, 1.165) is 11.3 Å². The van der Waals surface area contributed by atoms with Gasteiger partial charge in [0.25, 0.3) is 5.91 Å². The van der Waals surface area contributed by atoms with Gasteiger partial charge in [0, 0.05) is 18.3 Å². The van der Waals surface area contributed by atoms with Gasteiger partial charge >= 0.3 is 0 Å². The smallest absolute Gasteiger partial charge is 0.276 e. The van der Waals surface area contributed by atoms with Crippen LogP contribution in [0.25, 0.3) is 0 Å². The number of benzene rings is 1. The van der Waals surface area contributed by atoms with Crippen LogP contribution in [0, 0.1) is 17.7 Å². The summed E-state index contributed by atoms with van der Waals surface area (Å²) in [5, 5.41) is 6.93. The zero-order valence-corrected chi connectivity index (χ0v) is 17.3. The van der Waals surface area contributed by atoms with E-state index in [4.69, 9.17) is 4.84 Å². The van der Waals surface area contributed by atoms with Gasteiger partial charge in [-0.2, -0.15) is 0 Å². The van der Waals surface area contributed by atoms with Crippen LogP contribution in [0.4, 0.5) is 4.39 Å². The lowest BCUT2D eigenvalue weighted by Crippen LogP contribution is -2.53. The van der Waals surface area contributed by atoms with Crippen LogP contribution in [0.2, 0.25) is 0 Å². The second-order valence-corrected chi connectivity index (χ2v) is 8.49. The van der Waals surface area contributed by atoms with Crippen molar-refractivity contribution in [2.45, 2.75) is 59.1 Å². The van der Waals surface area contributed by atoms with Crippen LogP contribution in [0.3, 0.4) is 0 Å². The van der Waals surface area contributed by atoms with Crippen molar-refractivity contribution in [2.24, 2.45) is 17.0 Å². The van der Waals surface area contributed by atoms with Gasteiger partial charge in [-0.3, -0.25) is 14.5 Å². The van der Waals surface area contributed by atoms with Gasteiger partial charge in [-0.1, -0.05) is 45.0 Å². The molecule has 0 radical (unpaired) electrons. The first kappa shape index (κ1) is 21.0. The summed E-state index contributed by atoms with van der Waals surface area (Å²) in [6.07, 6.45) is 2.81. The summed E-state index contributed by atoms with van der Waals surface area (Å²) in [6.45, 7) is 8.15. The summed E-state index contributed by atoms with van der Waals surface area (Å²) in [5.74, 6) is -0.233.